The van der Waals surface area contributed by atoms with Gasteiger partial charge in [-0.15, -0.1) is 11.8 Å². The normalized spacial score (nSPS) is 17.9. The lowest BCUT2D eigenvalue weighted by Crippen LogP contribution is -2.60. The minimum Gasteiger partial charge on any atom is -0.465 e. The van der Waals surface area contributed by atoms with E-state index in [1.54, 1.807) is 44.7 Å². The van der Waals surface area contributed by atoms with Crippen LogP contribution in [0.2, 0.25) is 0 Å². The van der Waals surface area contributed by atoms with E-state index in [1.165, 1.54) is 12.6 Å². The first-order valence-electron chi connectivity index (χ1n) is 19.3. The minimum absolute atomic E-state index is 0.0220. The molecule has 1 saturated heterocycles. The van der Waals surface area contributed by atoms with Gasteiger partial charge in [-0.1, -0.05) is 92.1 Å². The molecule has 300 valence electrons. The molecule has 13 heteroatoms. The second-order valence-electron chi connectivity index (χ2n) is 15.5. The Bertz CT molecular complexity index is 1330. The van der Waals surface area contributed by atoms with Crippen molar-refractivity contribution in [3.63, 3.8) is 0 Å². The molecular formula is C40H67N5O7S. The number of carbonyl (C=O) groups excluding carboxylic acids is 4. The van der Waals surface area contributed by atoms with Crippen LogP contribution < -0.4 is 10.6 Å². The summed E-state index contributed by atoms with van der Waals surface area (Å²) in [6.45, 7) is 16.1. The van der Waals surface area contributed by atoms with Gasteiger partial charge >= 0.3 is 6.09 Å². The largest absolute Gasteiger partial charge is 0.465 e. The third kappa shape index (κ3) is 13.8. The molecule has 0 spiro atoms. The third-order valence-corrected chi connectivity index (χ3v) is 11.5. The number of carbonyl (C=O) groups is 5. The lowest BCUT2D eigenvalue weighted by Gasteiger charge is -2.40. The van der Waals surface area contributed by atoms with Crippen LogP contribution in [0.25, 0.3) is 0 Å². The monoisotopic (exact) mass is 761 g/mol. The number of ether oxygens (including phenoxy) is 1. The molecule has 7 atom stereocenters. The van der Waals surface area contributed by atoms with Crippen LogP contribution >= 0.6 is 11.8 Å². The Morgan fingerprint density at radius 3 is 2.13 bits per heavy atom. The number of likely N-dealkylation sites (N-methyl/N-ethyl adjacent to an activating group) is 2. The Morgan fingerprint density at radius 2 is 1.60 bits per heavy atom. The number of nitrogens with zero attached hydrogens (tertiary/aromatic N) is 3. The molecular weight excluding hydrogens is 695 g/mol. The zero-order chi connectivity index (χ0) is 40.0. The molecule has 1 fully saturated rings. The zero-order valence-electron chi connectivity index (χ0n) is 34.0. The predicted molar refractivity (Wildman–Crippen MR) is 211 cm³/mol. The van der Waals surface area contributed by atoms with Gasteiger partial charge in [0.1, 0.15) is 12.1 Å². The Kier molecular flexibility index (Phi) is 19.2. The van der Waals surface area contributed by atoms with Crippen molar-refractivity contribution >= 4 is 41.5 Å². The second-order valence-corrected chi connectivity index (χ2v) is 17.3. The Balaban J connectivity index is 2.16. The van der Waals surface area contributed by atoms with E-state index in [2.05, 4.69) is 36.6 Å². The van der Waals surface area contributed by atoms with Crippen molar-refractivity contribution in [2.75, 3.05) is 27.7 Å². The van der Waals surface area contributed by atoms with Gasteiger partial charge in [0.05, 0.1) is 23.9 Å². The van der Waals surface area contributed by atoms with Gasteiger partial charge in [0, 0.05) is 51.9 Å². The van der Waals surface area contributed by atoms with Crippen molar-refractivity contribution in [1.29, 1.82) is 0 Å². The summed E-state index contributed by atoms with van der Waals surface area (Å²) in [4.78, 5) is 70.9. The lowest BCUT2D eigenvalue weighted by atomic mass is 9.89. The molecule has 3 N–H and O–H groups in total. The molecule has 2 rings (SSSR count). The number of carboxylic acid groups (broad SMARTS) is 1. The Hall–Kier alpha value is -3.32. The molecule has 53 heavy (non-hydrogen) atoms. The summed E-state index contributed by atoms with van der Waals surface area (Å²) in [5.41, 5.74) is 1.17. The first-order valence-corrected chi connectivity index (χ1v) is 20.2. The number of rotatable bonds is 21. The van der Waals surface area contributed by atoms with E-state index in [-0.39, 0.29) is 53.3 Å². The summed E-state index contributed by atoms with van der Waals surface area (Å²) in [6, 6.07) is 7.70. The van der Waals surface area contributed by atoms with Crippen LogP contribution in [0.15, 0.2) is 30.3 Å². The van der Waals surface area contributed by atoms with Gasteiger partial charge in [-0.2, -0.15) is 0 Å². The molecule has 0 radical (unpaired) electrons. The Morgan fingerprint density at radius 1 is 0.962 bits per heavy atom. The van der Waals surface area contributed by atoms with Crippen LogP contribution in [0.4, 0.5) is 4.79 Å². The van der Waals surface area contributed by atoms with Crippen molar-refractivity contribution in [2.45, 2.75) is 141 Å². The van der Waals surface area contributed by atoms with Crippen molar-refractivity contribution in [3.05, 3.63) is 35.9 Å². The number of methoxy groups -OCH3 is 1. The molecule has 7 unspecified atom stereocenters. The van der Waals surface area contributed by atoms with E-state index in [0.29, 0.717) is 24.6 Å². The van der Waals surface area contributed by atoms with Gasteiger partial charge in [-0.05, 0) is 42.6 Å². The van der Waals surface area contributed by atoms with Gasteiger partial charge in [0.25, 0.3) is 0 Å². The highest BCUT2D eigenvalue weighted by Crippen LogP contribution is 2.28. The first kappa shape index (κ1) is 45.8. The quantitative estimate of drug-likeness (QED) is 0.137. The fraction of sp³-hybridized carbons (Fsp3) is 0.725. The van der Waals surface area contributed by atoms with Crippen molar-refractivity contribution in [3.8, 4) is 0 Å². The van der Waals surface area contributed by atoms with Crippen LogP contribution in [0.3, 0.4) is 0 Å². The third-order valence-electron chi connectivity index (χ3n) is 10.4. The maximum Gasteiger partial charge on any atom is 0.407 e. The number of thioether (sulfide) groups is 1. The molecule has 5 amide bonds. The molecule has 0 bridgehead atoms. The number of nitrogens with one attached hydrogen (secondary N) is 2. The number of hydrogen-bond donors (Lipinski definition) is 3. The van der Waals surface area contributed by atoms with Gasteiger partial charge in [-0.25, -0.2) is 4.79 Å². The van der Waals surface area contributed by atoms with E-state index in [4.69, 9.17) is 4.74 Å². The van der Waals surface area contributed by atoms with Gasteiger partial charge in [-0.3, -0.25) is 24.1 Å². The SMILES string of the molecule is CCC(C)C(C(CC(=O)N1CCCC1CCC(=O)NC(Cc1ccccc1)SC(C)C)OC)N(C)C(=O)C(NC(=O)C(C(C)C)N(C)C(=O)O)C(C)C. The van der Waals surface area contributed by atoms with Crippen LogP contribution in [-0.4, -0.2) is 118 Å². The van der Waals surface area contributed by atoms with Gasteiger partial charge < -0.3 is 30.3 Å². The second kappa shape index (κ2) is 22.2. The maximum absolute atomic E-state index is 14.2. The standard InChI is InChI=1S/C40H67N5O7S/c1-12-28(8)37(43(9)39(49)35(25(2)3)42-38(48)36(26(4)5)44(10)40(50)51)31(52-11)24-34(47)45-22-16-19-30(45)20-21-32(46)41-33(53-27(6)7)23-29-17-14-13-15-18-29/h13-15,17-18,25-28,30-31,33,35-37H,12,16,19-24H2,1-11H3,(H,41,46)(H,42,48)(H,50,51). The zero-order valence-corrected chi connectivity index (χ0v) is 34.8. The molecule has 1 aromatic carbocycles. The summed E-state index contributed by atoms with van der Waals surface area (Å²) >= 11 is 1.73. The van der Waals surface area contributed by atoms with Crippen LogP contribution in [0.1, 0.15) is 99.5 Å². The van der Waals surface area contributed by atoms with Crippen LogP contribution in [0, 0.1) is 17.8 Å². The number of likely N-dealkylation sites (tertiary alicyclic amines) is 1. The minimum atomic E-state index is -1.23. The molecule has 1 heterocycles. The van der Waals surface area contributed by atoms with Crippen LogP contribution in [-0.2, 0) is 30.3 Å². The van der Waals surface area contributed by atoms with E-state index in [1.807, 2.05) is 50.8 Å². The fourth-order valence-corrected chi connectivity index (χ4v) is 8.48. The lowest BCUT2D eigenvalue weighted by molar-refractivity contribution is -0.146. The average molecular weight is 762 g/mol. The maximum atomic E-state index is 14.2. The predicted octanol–water partition coefficient (Wildman–Crippen LogP) is 5.64. The van der Waals surface area contributed by atoms with Crippen molar-refractivity contribution in [2.24, 2.45) is 17.8 Å². The number of amides is 5. The molecule has 0 aliphatic carbocycles. The molecule has 12 nitrogen and oxygen atoms in total. The molecule has 0 saturated carbocycles. The van der Waals surface area contributed by atoms with Gasteiger partial charge in [0.2, 0.25) is 23.6 Å². The van der Waals surface area contributed by atoms with Gasteiger partial charge in [0.15, 0.2) is 0 Å². The highest BCUT2D eigenvalue weighted by Gasteiger charge is 2.40. The number of benzene rings is 1. The van der Waals surface area contributed by atoms with E-state index < -0.39 is 36.2 Å². The molecule has 0 aromatic heterocycles. The van der Waals surface area contributed by atoms with E-state index in [9.17, 15) is 29.1 Å². The average Bonchev–Trinajstić information content (AvgIpc) is 3.57. The van der Waals surface area contributed by atoms with E-state index >= 15 is 0 Å². The summed E-state index contributed by atoms with van der Waals surface area (Å²) in [6.07, 6.45) is 2.23. The van der Waals surface area contributed by atoms with Crippen LogP contribution in [0.5, 0.6) is 0 Å². The highest BCUT2D eigenvalue weighted by atomic mass is 32.2. The molecule has 1 aliphatic rings. The smallest absolute Gasteiger partial charge is 0.407 e. The van der Waals surface area contributed by atoms with E-state index in [0.717, 1.165) is 30.6 Å². The summed E-state index contributed by atoms with van der Waals surface area (Å²) in [5.74, 6) is -1.63. The molecule has 1 aliphatic heterocycles. The molecule has 1 aromatic rings. The Labute approximate surface area is 322 Å². The highest BCUT2D eigenvalue weighted by molar-refractivity contribution is 8.00. The summed E-state index contributed by atoms with van der Waals surface area (Å²) in [7, 11) is 4.58. The summed E-state index contributed by atoms with van der Waals surface area (Å²) in [5, 5.41) is 15.9. The van der Waals surface area contributed by atoms with Crippen molar-refractivity contribution in [1.82, 2.24) is 25.3 Å². The fourth-order valence-electron chi connectivity index (χ4n) is 7.34. The summed E-state index contributed by atoms with van der Waals surface area (Å²) < 4.78 is 5.98. The first-order chi connectivity index (χ1) is 24.9. The number of hydrogen-bond acceptors (Lipinski definition) is 7. The topological polar surface area (TPSA) is 149 Å². The van der Waals surface area contributed by atoms with Crippen molar-refractivity contribution < 1.29 is 33.8 Å².